The van der Waals surface area contributed by atoms with Gasteiger partial charge in [-0.05, 0) is 24.6 Å². The number of hydrogen-bond acceptors (Lipinski definition) is 12. The molecule has 2 fully saturated rings. The van der Waals surface area contributed by atoms with Gasteiger partial charge < -0.3 is 40.4 Å². The Morgan fingerprint density at radius 1 is 1.09 bits per heavy atom. The number of thioether (sulfide) groups is 1. The number of phenolic OH excluding ortho intramolecular Hbond substituents is 1. The van der Waals surface area contributed by atoms with Gasteiger partial charge in [-0.1, -0.05) is 12.1 Å². The number of aliphatic hydroxyl groups is 1. The van der Waals surface area contributed by atoms with Crippen LogP contribution in [0.25, 0.3) is 0 Å². The van der Waals surface area contributed by atoms with Crippen molar-refractivity contribution in [1.29, 1.82) is 0 Å². The van der Waals surface area contributed by atoms with Crippen LogP contribution in [0.5, 0.6) is 5.75 Å². The number of piperazine rings is 1. The fourth-order valence-corrected chi connectivity index (χ4v) is 6.28. The minimum atomic E-state index is -1.78. The maximum Gasteiger partial charge on any atom is 1.00 e. The summed E-state index contributed by atoms with van der Waals surface area (Å²) in [5.74, 6) is -7.58. The van der Waals surface area contributed by atoms with Crippen molar-refractivity contribution < 1.29 is 83.2 Å². The normalized spacial score (nSPS) is 21.0. The van der Waals surface area contributed by atoms with E-state index in [1.165, 1.54) is 29.2 Å². The number of fused-ring (bicyclic) bond motifs is 1. The number of likely N-dealkylation sites (N-methyl/N-ethyl adjacent to an activating group) is 1. The molecule has 2 saturated heterocycles. The molecule has 4 rings (SSSR count). The van der Waals surface area contributed by atoms with Gasteiger partial charge in [0.05, 0.1) is 29.6 Å². The van der Waals surface area contributed by atoms with Crippen molar-refractivity contribution in [3.8, 4) is 5.75 Å². The smallest absolute Gasteiger partial charge is 0.543 e. The Morgan fingerprint density at radius 3 is 2.32 bits per heavy atom. The quantitative estimate of drug-likeness (QED) is 0.0651. The number of amides is 6. The zero-order valence-corrected chi connectivity index (χ0v) is 26.8. The summed E-state index contributed by atoms with van der Waals surface area (Å²) in [6.07, 6.45) is -1.74. The second-order valence-electron chi connectivity index (χ2n) is 9.67. The molecule has 0 aliphatic carbocycles. The summed E-state index contributed by atoms with van der Waals surface area (Å²) in [7, 11) is 0. The van der Waals surface area contributed by atoms with Crippen LogP contribution < -0.4 is 45.3 Å². The number of carbonyl (C=O) groups is 7. The number of β-lactam (4-membered cyclic amide) rings is 1. The average Bonchev–Trinajstić information content (AvgIpc) is 2.96. The fourth-order valence-electron chi connectivity index (χ4n) is 4.85. The Labute approximate surface area is 277 Å². The summed E-state index contributed by atoms with van der Waals surface area (Å²) < 4.78 is 5.23. The van der Waals surface area contributed by atoms with Crippen LogP contribution in [0.15, 0.2) is 35.5 Å². The number of urea groups is 1. The number of phenols is 1. The maximum absolute atomic E-state index is 13.7. The predicted molar refractivity (Wildman–Crippen MR) is 143 cm³/mol. The molecular formula is C26H28N5NaO11S. The van der Waals surface area contributed by atoms with Crippen molar-refractivity contribution in [1.82, 2.24) is 25.3 Å². The van der Waals surface area contributed by atoms with Crippen LogP contribution in [0.4, 0.5) is 4.79 Å². The Balaban J connectivity index is 0.00000529. The molecule has 0 bridgehead atoms. The van der Waals surface area contributed by atoms with Gasteiger partial charge in [-0.15, -0.1) is 11.8 Å². The summed E-state index contributed by atoms with van der Waals surface area (Å²) in [6, 6.07) is 2.35. The standard InChI is InChI=1S/C26H29N5O11S.Na/c1-3-29-8-9-30(23(38)22(29)37)26(41)27-17(13-4-6-14(34)7-5-13)19(35)28-20(42-12(2)33)16-11-43-24-15(10-32)21(36)31(24)18(16)25(39)40;/h4-7,15,17,20,24,32,34H,3,8-11H2,1-2H3,(H,27,41)(H,28,35)(H,39,40);/q;+1/p-1/t15-,17?,20?,24-;/m1./s1. The number of imide groups is 1. The molecule has 0 saturated carbocycles. The second-order valence-corrected chi connectivity index (χ2v) is 10.8. The first-order valence-electron chi connectivity index (χ1n) is 13.1. The molecule has 6 amide bonds. The number of benzene rings is 1. The molecule has 3 heterocycles. The molecule has 230 valence electrons. The molecule has 1 aromatic carbocycles. The maximum atomic E-state index is 13.7. The van der Waals surface area contributed by atoms with E-state index in [4.69, 9.17) is 4.74 Å². The minimum Gasteiger partial charge on any atom is -0.543 e. The molecule has 0 aromatic heterocycles. The molecule has 16 nitrogen and oxygen atoms in total. The predicted octanol–water partition coefficient (Wildman–Crippen LogP) is -5.63. The molecule has 0 spiro atoms. The van der Waals surface area contributed by atoms with Crippen LogP contribution >= 0.6 is 11.8 Å². The first kappa shape index (κ1) is 34.8. The van der Waals surface area contributed by atoms with Gasteiger partial charge in [-0.3, -0.25) is 33.8 Å². The third kappa shape index (κ3) is 6.86. The number of hydrogen-bond donors (Lipinski definition) is 4. The summed E-state index contributed by atoms with van der Waals surface area (Å²) in [6.45, 7) is 2.34. The molecule has 2 unspecified atom stereocenters. The minimum absolute atomic E-state index is 0. The first-order chi connectivity index (χ1) is 20.4. The van der Waals surface area contributed by atoms with E-state index in [1.54, 1.807) is 6.92 Å². The Hall–Kier alpha value is -3.64. The van der Waals surface area contributed by atoms with Crippen LogP contribution in [0.3, 0.4) is 0 Å². The first-order valence-corrected chi connectivity index (χ1v) is 14.1. The van der Waals surface area contributed by atoms with E-state index in [0.717, 1.165) is 23.6 Å². The van der Waals surface area contributed by atoms with Gasteiger partial charge in [0.25, 0.3) is 0 Å². The zero-order chi connectivity index (χ0) is 31.6. The molecule has 0 radical (unpaired) electrons. The van der Waals surface area contributed by atoms with Gasteiger partial charge in [0.15, 0.2) is 0 Å². The van der Waals surface area contributed by atoms with Crippen molar-refractivity contribution in [2.75, 3.05) is 32.0 Å². The van der Waals surface area contributed by atoms with Crippen molar-refractivity contribution >= 4 is 53.4 Å². The second kappa shape index (κ2) is 14.4. The number of aliphatic carboxylic acids is 1. The Bertz CT molecular complexity index is 1400. The topological polar surface area (TPSA) is 226 Å². The van der Waals surface area contributed by atoms with Crippen LogP contribution in [0.1, 0.15) is 25.5 Å². The van der Waals surface area contributed by atoms with Gasteiger partial charge in [0, 0.05) is 37.9 Å². The van der Waals surface area contributed by atoms with E-state index in [2.05, 4.69) is 10.6 Å². The van der Waals surface area contributed by atoms with Crippen molar-refractivity contribution in [3.63, 3.8) is 0 Å². The summed E-state index contributed by atoms with van der Waals surface area (Å²) in [4.78, 5) is 91.2. The number of aliphatic hydroxyl groups excluding tert-OH is 1. The molecule has 3 aliphatic rings. The van der Waals surface area contributed by atoms with Crippen molar-refractivity contribution in [2.45, 2.75) is 31.5 Å². The Kier molecular flexibility index (Phi) is 11.4. The molecule has 4 atom stereocenters. The molecule has 1 aromatic rings. The van der Waals surface area contributed by atoms with Crippen molar-refractivity contribution in [2.24, 2.45) is 5.92 Å². The summed E-state index contributed by atoms with van der Waals surface area (Å²) in [5, 5.41) is 35.4. The van der Waals surface area contributed by atoms with E-state index < -0.39 is 77.5 Å². The van der Waals surface area contributed by atoms with E-state index in [-0.39, 0.29) is 71.8 Å². The van der Waals surface area contributed by atoms with E-state index >= 15 is 0 Å². The third-order valence-electron chi connectivity index (χ3n) is 7.06. The number of carbonyl (C=O) groups excluding carboxylic acids is 7. The number of carboxylic acids is 1. The summed E-state index contributed by atoms with van der Waals surface area (Å²) in [5.41, 5.74) is -0.720. The molecule has 44 heavy (non-hydrogen) atoms. The average molecular weight is 642 g/mol. The molecule has 18 heteroatoms. The van der Waals surface area contributed by atoms with Crippen molar-refractivity contribution in [3.05, 3.63) is 41.1 Å². The van der Waals surface area contributed by atoms with E-state index in [1.807, 2.05) is 0 Å². The number of aromatic hydroxyl groups is 1. The number of nitrogens with zero attached hydrogens (tertiary/aromatic N) is 3. The summed E-state index contributed by atoms with van der Waals surface area (Å²) >= 11 is 1.08. The van der Waals surface area contributed by atoms with Gasteiger partial charge in [-0.2, -0.15) is 0 Å². The number of ether oxygens (including phenoxy) is 1. The molecule has 3 aliphatic heterocycles. The number of esters is 1. The molecule has 4 N–H and O–H groups in total. The number of carboxylic acid groups (broad SMARTS) is 1. The van der Waals surface area contributed by atoms with E-state index in [9.17, 15) is 48.9 Å². The van der Waals surface area contributed by atoms with Gasteiger partial charge in [0.2, 0.25) is 18.0 Å². The van der Waals surface area contributed by atoms with Gasteiger partial charge in [0.1, 0.15) is 11.8 Å². The van der Waals surface area contributed by atoms with Gasteiger partial charge >= 0.3 is 53.4 Å². The number of nitrogens with one attached hydrogen (secondary N) is 2. The van der Waals surface area contributed by atoms with Crippen LogP contribution in [-0.2, 0) is 33.5 Å². The van der Waals surface area contributed by atoms with E-state index in [0.29, 0.717) is 4.90 Å². The SMILES string of the molecule is CCN1CCN(C(=O)NC(C(=O)NC(OC(C)=O)C2=C(C(=O)[O-])N3C(=O)[C@@H](CO)[C@H]3SC2)c2ccc(O)cc2)C(=O)C1=O.[Na+]. The van der Waals surface area contributed by atoms with Crippen LogP contribution in [0.2, 0.25) is 0 Å². The zero-order valence-electron chi connectivity index (χ0n) is 24.0. The van der Waals surface area contributed by atoms with Crippen LogP contribution in [0, 0.1) is 5.92 Å². The largest absolute Gasteiger partial charge is 1.00 e. The molecular weight excluding hydrogens is 613 g/mol. The fraction of sp³-hybridized carbons (Fsp3) is 0.423. The monoisotopic (exact) mass is 641 g/mol. The van der Waals surface area contributed by atoms with Crippen LogP contribution in [-0.4, -0.2) is 110 Å². The number of rotatable bonds is 9. The van der Waals surface area contributed by atoms with Gasteiger partial charge in [-0.25, -0.2) is 4.79 Å². The third-order valence-corrected chi connectivity index (χ3v) is 8.42. The Morgan fingerprint density at radius 2 is 1.75 bits per heavy atom.